The smallest absolute Gasteiger partial charge is 0.360 e. The van der Waals surface area contributed by atoms with Gasteiger partial charge in [-0.1, -0.05) is 87.5 Å². The second-order valence-corrected chi connectivity index (χ2v) is 20.6. The van der Waals surface area contributed by atoms with Crippen LogP contribution in [0.3, 0.4) is 0 Å². The summed E-state index contributed by atoms with van der Waals surface area (Å²) in [5.74, 6) is -0.447. The molecule has 0 aliphatic carbocycles. The number of para-hydroxylation sites is 1. The van der Waals surface area contributed by atoms with E-state index in [9.17, 15) is 13.8 Å². The van der Waals surface area contributed by atoms with Crippen LogP contribution < -0.4 is 10.2 Å². The van der Waals surface area contributed by atoms with Crippen molar-refractivity contribution in [2.75, 3.05) is 19.1 Å². The largest absolute Gasteiger partial charge is 0.410 e. The quantitative estimate of drug-likeness (QED) is 0.0851. The van der Waals surface area contributed by atoms with Crippen LogP contribution in [0.15, 0.2) is 103 Å². The van der Waals surface area contributed by atoms with E-state index in [1.807, 2.05) is 65.6 Å². The third kappa shape index (κ3) is 7.37. The number of rotatable bonds is 12. The molecule has 47 heavy (non-hydrogen) atoms. The van der Waals surface area contributed by atoms with E-state index in [1.165, 1.54) is 26.4 Å². The number of carbonyl (C=O) groups is 1. The van der Waals surface area contributed by atoms with Crippen molar-refractivity contribution in [3.05, 3.63) is 120 Å². The zero-order valence-corrected chi connectivity index (χ0v) is 30.2. The van der Waals surface area contributed by atoms with Gasteiger partial charge in [-0.3, -0.25) is 9.36 Å². The maximum absolute atomic E-state index is 13.9. The molecule has 1 fully saturated rings. The Morgan fingerprint density at radius 3 is 2.09 bits per heavy atom. The molecule has 5 rings (SSSR count). The van der Waals surface area contributed by atoms with Crippen LogP contribution in [0.1, 0.15) is 56.9 Å². The fourth-order valence-corrected chi connectivity index (χ4v) is 8.39. The molecule has 1 heterocycles. The van der Waals surface area contributed by atoms with Crippen LogP contribution in [0.5, 0.6) is 0 Å². The zero-order valence-electron chi connectivity index (χ0n) is 28.3. The number of β-lactam (4-membered cyclic amide) rings is 1. The van der Waals surface area contributed by atoms with Gasteiger partial charge in [0.1, 0.15) is 5.82 Å². The monoisotopic (exact) mass is 673 g/mol. The van der Waals surface area contributed by atoms with Crippen molar-refractivity contribution < 1.29 is 27.2 Å². The molecule has 1 saturated heterocycles. The molecule has 4 aromatic carbocycles. The summed E-state index contributed by atoms with van der Waals surface area (Å²) >= 11 is 0. The Morgan fingerprint density at radius 2 is 1.49 bits per heavy atom. The molecule has 0 radical (unpaired) electrons. The van der Waals surface area contributed by atoms with Gasteiger partial charge < -0.3 is 18.4 Å². The summed E-state index contributed by atoms with van der Waals surface area (Å²) in [6.07, 6.45) is 1.01. The molecule has 0 bridgehead atoms. The van der Waals surface area contributed by atoms with Gasteiger partial charge in [0.25, 0.3) is 0 Å². The van der Waals surface area contributed by atoms with E-state index in [1.54, 1.807) is 18.2 Å². The van der Waals surface area contributed by atoms with Gasteiger partial charge in [0.15, 0.2) is 8.32 Å². The van der Waals surface area contributed by atoms with E-state index < -0.39 is 15.9 Å². The molecule has 248 valence electrons. The van der Waals surface area contributed by atoms with E-state index in [0.29, 0.717) is 18.1 Å². The van der Waals surface area contributed by atoms with Crippen molar-refractivity contribution in [3.63, 3.8) is 0 Å². The third-order valence-electron chi connectivity index (χ3n) is 9.70. The summed E-state index contributed by atoms with van der Waals surface area (Å²) < 4.78 is 44.2. The summed E-state index contributed by atoms with van der Waals surface area (Å²) in [6, 6.07) is 31.7. The molecule has 6 nitrogen and oxygen atoms in total. The molecule has 0 N–H and O–H groups in total. The highest BCUT2D eigenvalue weighted by atomic mass is 31.2. The first-order valence-corrected chi connectivity index (χ1v) is 20.5. The van der Waals surface area contributed by atoms with Crippen LogP contribution in [0.4, 0.5) is 10.1 Å². The number of hydrogen-bond acceptors (Lipinski definition) is 5. The normalized spacial score (nSPS) is 17.8. The fourth-order valence-electron chi connectivity index (χ4n) is 5.94. The summed E-state index contributed by atoms with van der Waals surface area (Å²) in [7, 11) is -2.81. The minimum Gasteiger partial charge on any atom is -0.410 e. The number of nitrogens with zero attached hydrogens (tertiary/aromatic N) is 1. The lowest BCUT2D eigenvalue weighted by Crippen LogP contribution is -2.55. The van der Waals surface area contributed by atoms with Gasteiger partial charge in [-0.2, -0.15) is 0 Å². The standard InChI is InChI=1S/C38H45FNO5PSi/c1-38(2,3)47(6,7)45-35(28-20-22-31(39)23-21-28)25-24-34-36(40(37(34)41)32-13-9-8-10-14-32)29-18-16-27(17-19-29)30-12-11-15-33(26-30)46(42,43-4)44-5/h8-23,26,34-36H,24-25H2,1-7H3. The molecule has 3 atom stereocenters. The highest BCUT2D eigenvalue weighted by Crippen LogP contribution is 2.48. The van der Waals surface area contributed by atoms with E-state index in [-0.39, 0.29) is 34.8 Å². The van der Waals surface area contributed by atoms with Crippen molar-refractivity contribution in [2.45, 2.75) is 63.9 Å². The molecule has 1 amide bonds. The number of hydrogen-bond donors (Lipinski definition) is 0. The van der Waals surface area contributed by atoms with Gasteiger partial charge in [0.05, 0.1) is 23.4 Å². The predicted molar refractivity (Wildman–Crippen MR) is 190 cm³/mol. The van der Waals surface area contributed by atoms with Crippen LogP contribution in [0.25, 0.3) is 11.1 Å². The van der Waals surface area contributed by atoms with Crippen molar-refractivity contribution in [1.82, 2.24) is 0 Å². The molecule has 4 aromatic rings. The van der Waals surface area contributed by atoms with Crippen LogP contribution in [-0.4, -0.2) is 28.4 Å². The number of anilines is 1. The molecule has 1 aliphatic heterocycles. The number of carbonyl (C=O) groups excluding carboxylic acids is 1. The van der Waals surface area contributed by atoms with E-state index in [4.69, 9.17) is 13.5 Å². The van der Waals surface area contributed by atoms with E-state index in [2.05, 4.69) is 46.0 Å². The predicted octanol–water partition coefficient (Wildman–Crippen LogP) is 9.85. The van der Waals surface area contributed by atoms with Crippen LogP contribution >= 0.6 is 7.60 Å². The highest BCUT2D eigenvalue weighted by Gasteiger charge is 2.49. The Hall–Kier alpha value is -3.39. The Labute approximate surface area is 279 Å². The Morgan fingerprint density at radius 1 is 0.851 bits per heavy atom. The number of amides is 1. The minimum absolute atomic E-state index is 0.00443. The van der Waals surface area contributed by atoms with Gasteiger partial charge in [0, 0.05) is 19.9 Å². The average Bonchev–Trinajstić information content (AvgIpc) is 3.06. The second-order valence-electron chi connectivity index (χ2n) is 13.6. The van der Waals surface area contributed by atoms with Crippen LogP contribution in [-0.2, 0) is 22.8 Å². The van der Waals surface area contributed by atoms with Gasteiger partial charge in [-0.25, -0.2) is 4.39 Å². The first-order valence-electron chi connectivity index (χ1n) is 16.0. The Kier molecular flexibility index (Phi) is 10.4. The lowest BCUT2D eigenvalue weighted by molar-refractivity contribution is -0.131. The maximum Gasteiger partial charge on any atom is 0.360 e. The lowest BCUT2D eigenvalue weighted by Gasteiger charge is -2.48. The molecule has 0 spiro atoms. The Bertz CT molecular complexity index is 1720. The van der Waals surface area contributed by atoms with Gasteiger partial charge in [-0.15, -0.1) is 0 Å². The van der Waals surface area contributed by atoms with Gasteiger partial charge in [-0.05, 0) is 89.6 Å². The van der Waals surface area contributed by atoms with Crippen molar-refractivity contribution in [2.24, 2.45) is 5.92 Å². The van der Waals surface area contributed by atoms with Gasteiger partial charge >= 0.3 is 7.60 Å². The highest BCUT2D eigenvalue weighted by molar-refractivity contribution is 7.62. The summed E-state index contributed by atoms with van der Waals surface area (Å²) in [6.45, 7) is 11.1. The molecule has 0 aromatic heterocycles. The molecule has 0 saturated carbocycles. The first-order chi connectivity index (χ1) is 22.3. The van der Waals surface area contributed by atoms with Crippen LogP contribution in [0, 0.1) is 11.7 Å². The van der Waals surface area contributed by atoms with Crippen LogP contribution in [0.2, 0.25) is 18.1 Å². The number of halogens is 1. The third-order valence-corrected chi connectivity index (χ3v) is 16.1. The molecule has 3 unspecified atom stereocenters. The van der Waals surface area contributed by atoms with Crippen molar-refractivity contribution in [1.29, 1.82) is 0 Å². The summed E-state index contributed by atoms with van der Waals surface area (Å²) in [4.78, 5) is 15.7. The fraction of sp³-hybridized carbons (Fsp3) is 0.342. The topological polar surface area (TPSA) is 65.1 Å². The number of benzene rings is 4. The molecular formula is C38H45FNO5PSi. The zero-order chi connectivity index (χ0) is 34.0. The SMILES string of the molecule is COP(=O)(OC)c1cccc(-c2ccc(C3C(CCC(O[Si](C)(C)C(C)(C)C)c4ccc(F)cc4)C(=O)N3c3ccccc3)cc2)c1. The molecule has 1 aliphatic rings. The maximum atomic E-state index is 13.9. The minimum atomic E-state index is -3.39. The molecule has 9 heteroatoms. The molecular weight excluding hydrogens is 628 g/mol. The first kappa shape index (κ1) is 34.9. The van der Waals surface area contributed by atoms with E-state index >= 15 is 0 Å². The average molecular weight is 674 g/mol. The second kappa shape index (κ2) is 14.0. The Balaban J connectivity index is 1.44. The summed E-state index contributed by atoms with van der Waals surface area (Å²) in [5.41, 5.74) is 4.65. The van der Waals surface area contributed by atoms with E-state index in [0.717, 1.165) is 27.9 Å². The van der Waals surface area contributed by atoms with Crippen molar-refractivity contribution >= 4 is 32.8 Å². The van der Waals surface area contributed by atoms with Gasteiger partial charge in [0.2, 0.25) is 5.91 Å². The lowest BCUT2D eigenvalue weighted by atomic mass is 9.78. The summed E-state index contributed by atoms with van der Waals surface area (Å²) in [5, 5.41) is 0.481. The van der Waals surface area contributed by atoms with Crippen molar-refractivity contribution in [3.8, 4) is 11.1 Å².